The summed E-state index contributed by atoms with van der Waals surface area (Å²) in [5.74, 6) is 0. The number of benzene rings is 8. The van der Waals surface area contributed by atoms with E-state index in [1.165, 1.54) is 33.4 Å². The molecule has 54 heavy (non-hydrogen) atoms. The predicted octanol–water partition coefficient (Wildman–Crippen LogP) is 13.0. The van der Waals surface area contributed by atoms with Gasteiger partial charge in [-0.05, 0) is 80.7 Å². The van der Waals surface area contributed by atoms with E-state index in [1.807, 2.05) is 65.5 Å². The Balaban J connectivity index is 0.000000154. The Morgan fingerprint density at radius 3 is 1.35 bits per heavy atom. The van der Waals surface area contributed by atoms with Gasteiger partial charge in [0.15, 0.2) is 0 Å². The van der Waals surface area contributed by atoms with Gasteiger partial charge in [-0.25, -0.2) is 0 Å². The van der Waals surface area contributed by atoms with Crippen LogP contribution >= 0.6 is 31.9 Å². The van der Waals surface area contributed by atoms with Crippen LogP contribution in [0.5, 0.6) is 0 Å². The number of fused-ring (bicyclic) bond motifs is 3. The van der Waals surface area contributed by atoms with Crippen molar-refractivity contribution in [3.05, 3.63) is 220 Å². The quantitative estimate of drug-likeness (QED) is 0.169. The summed E-state index contributed by atoms with van der Waals surface area (Å²) in [6.45, 7) is 0. The minimum atomic E-state index is -0.755. The molecule has 8 aromatic rings. The van der Waals surface area contributed by atoms with E-state index in [-0.39, 0.29) is 0 Å². The van der Waals surface area contributed by atoms with Gasteiger partial charge in [-0.1, -0.05) is 208 Å². The second-order valence-corrected chi connectivity index (χ2v) is 14.9. The number of para-hydroxylation sites is 2. The van der Waals surface area contributed by atoms with Crippen LogP contribution in [-0.4, -0.2) is 12.1 Å². The number of halogens is 2. The molecule has 1 N–H and O–H groups in total. The van der Waals surface area contributed by atoms with Gasteiger partial charge in [0.2, 0.25) is 0 Å². The molecule has 0 radical (unpaired) electrons. The predicted molar refractivity (Wildman–Crippen MR) is 235 cm³/mol. The molecule has 0 unspecified atom stereocenters. The number of hydrogen-bond donors (Lipinski definition) is 1. The minimum Gasteiger partial charge on any atom is -0.428 e. The lowest BCUT2D eigenvalue weighted by atomic mass is 9.64. The first-order valence-corrected chi connectivity index (χ1v) is 19.6. The normalized spacial score (nSPS) is 11.6. The zero-order valence-electron chi connectivity index (χ0n) is 29.5. The molecule has 0 fully saturated rings. The molecule has 1 aliphatic heterocycles. The highest BCUT2D eigenvalue weighted by atomic mass is 79.9. The first kappa shape index (κ1) is 35.6. The van der Waals surface area contributed by atoms with E-state index in [9.17, 15) is 5.02 Å². The van der Waals surface area contributed by atoms with Crippen LogP contribution in [0.1, 0.15) is 11.1 Å². The third kappa shape index (κ3) is 7.23. The van der Waals surface area contributed by atoms with Crippen LogP contribution in [0.2, 0.25) is 0 Å². The largest absolute Gasteiger partial charge is 0.454 e. The molecule has 5 heteroatoms. The van der Waals surface area contributed by atoms with E-state index >= 15 is 0 Å². The second kappa shape index (κ2) is 16.3. The Kier molecular flexibility index (Phi) is 10.7. The standard InChI is InChI=1S/C25H19Br.C24H17BBrNO/c26-25-17-9-8-16-24(25)23-15-7-5-13-21(23)18-20-12-4-6-14-22(20)19-10-2-1-3-11-19;26-22-14-6-2-10-18(22)20-12-4-8-16-24(20)27-23-15-7-3-11-19(23)17-9-1-5-13-21(17)25(27)28/h1-17H,18H2;1-16,28H. The highest BCUT2D eigenvalue weighted by molar-refractivity contribution is 9.11. The smallest absolute Gasteiger partial charge is 0.428 e. The van der Waals surface area contributed by atoms with E-state index < -0.39 is 7.05 Å². The molecule has 0 saturated heterocycles. The average Bonchev–Trinajstić information content (AvgIpc) is 3.23. The average molecular weight is 825 g/mol. The van der Waals surface area contributed by atoms with Crippen molar-refractivity contribution in [1.82, 2.24) is 0 Å². The molecular formula is C49H36BBr2NO. The molecule has 0 amide bonds. The van der Waals surface area contributed by atoms with E-state index in [0.29, 0.717) is 0 Å². The van der Waals surface area contributed by atoms with Crippen molar-refractivity contribution in [2.24, 2.45) is 0 Å². The molecule has 8 aromatic carbocycles. The lowest BCUT2D eigenvalue weighted by Gasteiger charge is -2.36. The third-order valence-corrected chi connectivity index (χ3v) is 11.3. The van der Waals surface area contributed by atoms with Crippen molar-refractivity contribution < 1.29 is 5.02 Å². The third-order valence-electron chi connectivity index (χ3n) is 9.93. The SMILES string of the molecule is Brc1ccccc1-c1ccccc1Cc1ccccc1-c1ccccc1.OB1c2ccccc2-c2ccccc2N1c1ccccc1-c1ccccc1Br. The first-order chi connectivity index (χ1) is 26.6. The second-order valence-electron chi connectivity index (χ2n) is 13.2. The fourth-order valence-corrected chi connectivity index (χ4v) is 8.39. The monoisotopic (exact) mass is 823 g/mol. The number of hydrogen-bond acceptors (Lipinski definition) is 2. The van der Waals surface area contributed by atoms with Crippen molar-refractivity contribution >= 4 is 55.7 Å². The van der Waals surface area contributed by atoms with Crippen molar-refractivity contribution in [2.45, 2.75) is 6.42 Å². The van der Waals surface area contributed by atoms with Gasteiger partial charge in [0.05, 0.1) is 0 Å². The fraction of sp³-hybridized carbons (Fsp3) is 0.0204. The van der Waals surface area contributed by atoms with Crippen LogP contribution in [0.4, 0.5) is 11.4 Å². The molecule has 260 valence electrons. The molecule has 0 aromatic heterocycles. The Labute approximate surface area is 334 Å². The topological polar surface area (TPSA) is 23.5 Å². The Bertz CT molecular complexity index is 2550. The first-order valence-electron chi connectivity index (χ1n) is 18.0. The summed E-state index contributed by atoms with van der Waals surface area (Å²) in [6.07, 6.45) is 0.905. The molecule has 1 heterocycles. The van der Waals surface area contributed by atoms with Gasteiger partial charge in [0.25, 0.3) is 0 Å². The summed E-state index contributed by atoms with van der Waals surface area (Å²) in [5, 5.41) is 11.4. The maximum atomic E-state index is 11.4. The molecule has 2 nitrogen and oxygen atoms in total. The van der Waals surface area contributed by atoms with Gasteiger partial charge in [-0.15, -0.1) is 0 Å². The van der Waals surface area contributed by atoms with Gasteiger partial charge in [-0.3, -0.25) is 0 Å². The van der Waals surface area contributed by atoms with E-state index in [4.69, 9.17) is 0 Å². The molecule has 0 aliphatic carbocycles. The summed E-state index contributed by atoms with van der Waals surface area (Å²) in [6, 6.07) is 69.2. The summed E-state index contributed by atoms with van der Waals surface area (Å²) in [5.41, 5.74) is 15.1. The summed E-state index contributed by atoms with van der Waals surface area (Å²) >= 11 is 7.39. The molecular weight excluding hydrogens is 789 g/mol. The van der Waals surface area contributed by atoms with Crippen LogP contribution in [0.15, 0.2) is 209 Å². The highest BCUT2D eigenvalue weighted by Crippen LogP contribution is 2.43. The number of anilines is 2. The Morgan fingerprint density at radius 2 is 0.759 bits per heavy atom. The van der Waals surface area contributed by atoms with Gasteiger partial charge in [0, 0.05) is 31.4 Å². The van der Waals surface area contributed by atoms with Gasteiger partial charge in [0.1, 0.15) is 0 Å². The lowest BCUT2D eigenvalue weighted by molar-refractivity contribution is 0.585. The van der Waals surface area contributed by atoms with Crippen LogP contribution < -0.4 is 10.3 Å². The maximum Gasteiger partial charge on any atom is 0.454 e. The molecule has 0 bridgehead atoms. The molecule has 0 spiro atoms. The zero-order chi connectivity index (χ0) is 36.9. The lowest BCUT2D eigenvalue weighted by Crippen LogP contribution is -2.49. The molecule has 0 atom stereocenters. The Hall–Kier alpha value is -5.46. The zero-order valence-corrected chi connectivity index (χ0v) is 32.7. The van der Waals surface area contributed by atoms with Crippen LogP contribution in [-0.2, 0) is 6.42 Å². The fourth-order valence-electron chi connectivity index (χ4n) is 7.40. The van der Waals surface area contributed by atoms with E-state index in [1.54, 1.807) is 0 Å². The number of rotatable bonds is 6. The summed E-state index contributed by atoms with van der Waals surface area (Å²) < 4.78 is 2.16. The number of nitrogens with zero attached hydrogens (tertiary/aromatic N) is 1. The van der Waals surface area contributed by atoms with Crippen molar-refractivity contribution in [2.75, 3.05) is 4.81 Å². The summed E-state index contributed by atoms with van der Waals surface area (Å²) in [7, 11) is -0.755. The van der Waals surface area contributed by atoms with Crippen LogP contribution in [0, 0.1) is 0 Å². The van der Waals surface area contributed by atoms with Gasteiger partial charge < -0.3 is 9.83 Å². The molecule has 0 saturated carbocycles. The van der Waals surface area contributed by atoms with Crippen molar-refractivity contribution in [3.8, 4) is 44.5 Å². The van der Waals surface area contributed by atoms with Crippen molar-refractivity contribution in [3.63, 3.8) is 0 Å². The van der Waals surface area contributed by atoms with Crippen LogP contribution in [0.25, 0.3) is 44.5 Å². The van der Waals surface area contributed by atoms with Crippen molar-refractivity contribution in [1.29, 1.82) is 0 Å². The van der Waals surface area contributed by atoms with E-state index in [2.05, 4.69) is 171 Å². The van der Waals surface area contributed by atoms with Crippen LogP contribution in [0.3, 0.4) is 0 Å². The highest BCUT2D eigenvalue weighted by Gasteiger charge is 2.36. The molecule has 1 aliphatic rings. The van der Waals surface area contributed by atoms with Gasteiger partial charge in [-0.2, -0.15) is 0 Å². The van der Waals surface area contributed by atoms with Gasteiger partial charge >= 0.3 is 7.05 Å². The summed E-state index contributed by atoms with van der Waals surface area (Å²) in [4.78, 5) is 2.03. The maximum absolute atomic E-state index is 11.4. The minimum absolute atomic E-state index is 0.755. The molecule has 9 rings (SSSR count). The Morgan fingerprint density at radius 1 is 0.370 bits per heavy atom. The van der Waals surface area contributed by atoms with E-state index in [0.717, 1.165) is 54.5 Å².